The molecule has 1 fully saturated rings. The Morgan fingerprint density at radius 2 is 1.85 bits per heavy atom. The van der Waals surface area contributed by atoms with Crippen LogP contribution in [0.25, 0.3) is 21.8 Å². The van der Waals surface area contributed by atoms with Gasteiger partial charge >= 0.3 is 5.97 Å². The van der Waals surface area contributed by atoms with Gasteiger partial charge in [-0.1, -0.05) is 63.7 Å². The molecule has 0 bridgehead atoms. The number of aliphatic carboxylic acids is 1. The van der Waals surface area contributed by atoms with E-state index in [1.807, 2.05) is 12.3 Å². The molecule has 3 heterocycles. The summed E-state index contributed by atoms with van der Waals surface area (Å²) in [6.07, 6.45) is 22.3. The van der Waals surface area contributed by atoms with E-state index >= 15 is 0 Å². The van der Waals surface area contributed by atoms with Crippen molar-refractivity contribution in [2.75, 3.05) is 6.54 Å². The number of aromatic nitrogens is 2. The molecule has 2 aliphatic carbocycles. The number of hydrogen-bond donors (Lipinski definition) is 8. The van der Waals surface area contributed by atoms with Crippen molar-refractivity contribution in [1.29, 1.82) is 0 Å². The van der Waals surface area contributed by atoms with Crippen molar-refractivity contribution in [2.45, 2.75) is 127 Å². The highest BCUT2D eigenvalue weighted by Crippen LogP contribution is 2.47. The number of allylic oxidation sites excluding steroid dienone is 3. The Morgan fingerprint density at radius 1 is 1.00 bits per heavy atom. The molecule has 1 aliphatic heterocycles. The summed E-state index contributed by atoms with van der Waals surface area (Å²) in [5.74, 6) is -0.313. The molecular weight excluding hydrogens is 652 g/mol. The molecule has 284 valence electrons. The third-order valence-corrected chi connectivity index (χ3v) is 12.4. The fraction of sp³-hybridized carbons (Fsp3) is 0.605. The molecule has 1 saturated carbocycles. The SMILES string of the molecule is CCCCCC1C=CC(CCCCCC(C(=O)O)C(O)CCC2(O)CC(CC3=CCNC(N)=C3)CC2Cc2cc3cc4cc[nH]c4cc3[nH]2)C(O)C1. The lowest BCUT2D eigenvalue weighted by Crippen LogP contribution is -2.37. The van der Waals surface area contributed by atoms with Gasteiger partial charge in [0.15, 0.2) is 0 Å². The van der Waals surface area contributed by atoms with Crippen LogP contribution < -0.4 is 11.1 Å². The molecule has 9 heteroatoms. The molecule has 0 radical (unpaired) electrons. The normalized spacial score (nSPS) is 27.4. The molecule has 8 unspecified atom stereocenters. The second kappa shape index (κ2) is 17.5. The van der Waals surface area contributed by atoms with Gasteiger partial charge in [0.1, 0.15) is 0 Å². The number of unbranched alkanes of at least 4 members (excludes halogenated alkanes) is 4. The molecule has 8 atom stereocenters. The van der Waals surface area contributed by atoms with E-state index in [0.717, 1.165) is 72.4 Å². The molecule has 0 amide bonds. The maximum Gasteiger partial charge on any atom is 0.309 e. The van der Waals surface area contributed by atoms with Gasteiger partial charge < -0.3 is 41.4 Å². The van der Waals surface area contributed by atoms with Crippen LogP contribution in [0.15, 0.2) is 66.2 Å². The van der Waals surface area contributed by atoms with E-state index in [2.05, 4.69) is 64.7 Å². The van der Waals surface area contributed by atoms with E-state index in [1.54, 1.807) is 0 Å². The Hall–Kier alpha value is -3.53. The number of carboxylic acid groups (broad SMARTS) is 1. The number of hydrogen-bond acceptors (Lipinski definition) is 6. The van der Waals surface area contributed by atoms with Gasteiger partial charge in [-0.2, -0.15) is 0 Å². The fourth-order valence-corrected chi connectivity index (χ4v) is 9.46. The van der Waals surface area contributed by atoms with Crippen molar-refractivity contribution in [3.63, 3.8) is 0 Å². The number of aromatic amines is 2. The highest BCUT2D eigenvalue weighted by Gasteiger charge is 2.46. The molecule has 3 aliphatic rings. The molecule has 0 spiro atoms. The predicted octanol–water partition coefficient (Wildman–Crippen LogP) is 7.59. The van der Waals surface area contributed by atoms with Crippen LogP contribution in [0.3, 0.4) is 0 Å². The number of nitrogens with two attached hydrogens (primary N) is 1. The lowest BCUT2D eigenvalue weighted by Gasteiger charge is -2.32. The molecule has 1 aromatic carbocycles. The minimum Gasteiger partial charge on any atom is -0.481 e. The van der Waals surface area contributed by atoms with Gasteiger partial charge in [0.05, 0.1) is 29.5 Å². The summed E-state index contributed by atoms with van der Waals surface area (Å²) in [6.45, 7) is 2.91. The molecule has 52 heavy (non-hydrogen) atoms. The first kappa shape index (κ1) is 38.2. The first-order valence-electron chi connectivity index (χ1n) is 20.1. The highest BCUT2D eigenvalue weighted by atomic mass is 16.4. The first-order valence-corrected chi connectivity index (χ1v) is 20.1. The number of nitrogens with one attached hydrogen (secondary N) is 3. The van der Waals surface area contributed by atoms with Gasteiger partial charge in [-0.25, -0.2) is 0 Å². The number of fused-ring (bicyclic) bond motifs is 2. The zero-order valence-corrected chi connectivity index (χ0v) is 31.0. The molecule has 9 nitrogen and oxygen atoms in total. The van der Waals surface area contributed by atoms with Crippen molar-refractivity contribution in [3.05, 3.63) is 71.9 Å². The van der Waals surface area contributed by atoms with Crippen molar-refractivity contribution in [3.8, 4) is 0 Å². The van der Waals surface area contributed by atoms with Crippen LogP contribution in [-0.2, 0) is 11.2 Å². The smallest absolute Gasteiger partial charge is 0.309 e. The molecule has 9 N–H and O–H groups in total. The van der Waals surface area contributed by atoms with Crippen LogP contribution in [0, 0.1) is 29.6 Å². The van der Waals surface area contributed by atoms with Crippen molar-refractivity contribution in [1.82, 2.24) is 15.3 Å². The summed E-state index contributed by atoms with van der Waals surface area (Å²) in [5, 5.41) is 49.9. The van der Waals surface area contributed by atoms with Crippen LogP contribution in [-0.4, -0.2) is 60.7 Å². The third-order valence-electron chi connectivity index (χ3n) is 12.4. The summed E-state index contributed by atoms with van der Waals surface area (Å²) in [5.41, 5.74) is 9.42. The predicted molar refractivity (Wildman–Crippen MR) is 208 cm³/mol. The van der Waals surface area contributed by atoms with E-state index in [-0.39, 0.29) is 30.3 Å². The van der Waals surface area contributed by atoms with Crippen molar-refractivity contribution < 1.29 is 25.2 Å². The zero-order valence-electron chi connectivity index (χ0n) is 31.0. The summed E-state index contributed by atoms with van der Waals surface area (Å²) in [6, 6.07) is 8.55. The zero-order chi connectivity index (χ0) is 36.7. The standard InChI is InChI=1S/C43H62N4O5/c1-2-3-5-8-28-11-12-31(40(49)21-28)9-6-4-7-10-36(42(50)51)39(48)13-16-43(52)27-30(19-29-14-17-46-41(44)22-29)20-34(43)25-35-24-33-23-32-15-18-45-37(32)26-38(33)47-35/h11-12,14-15,18,22-24,26,28,30-31,34,36,39-40,45-49,52H,2-10,13,16-17,19-21,25,27,44H2,1H3,(H,50,51). The summed E-state index contributed by atoms with van der Waals surface area (Å²) in [7, 11) is 0. The van der Waals surface area contributed by atoms with E-state index in [9.17, 15) is 25.2 Å². The van der Waals surface area contributed by atoms with Gasteiger partial charge in [-0.15, -0.1) is 0 Å². The van der Waals surface area contributed by atoms with Crippen LogP contribution >= 0.6 is 0 Å². The monoisotopic (exact) mass is 714 g/mol. The van der Waals surface area contributed by atoms with Crippen LogP contribution in [0.5, 0.6) is 0 Å². The number of carboxylic acids is 1. The van der Waals surface area contributed by atoms with Crippen LogP contribution in [0.4, 0.5) is 0 Å². The van der Waals surface area contributed by atoms with E-state index in [1.165, 1.54) is 24.8 Å². The second-order valence-electron chi connectivity index (χ2n) is 16.4. The molecule has 0 saturated heterocycles. The maximum absolute atomic E-state index is 12.4. The third kappa shape index (κ3) is 9.71. The average molecular weight is 715 g/mol. The Labute approximate surface area is 308 Å². The molecule has 6 rings (SSSR count). The Balaban J connectivity index is 1.03. The van der Waals surface area contributed by atoms with E-state index in [0.29, 0.717) is 50.4 Å². The van der Waals surface area contributed by atoms with E-state index < -0.39 is 23.6 Å². The Kier molecular flexibility index (Phi) is 12.9. The second-order valence-corrected chi connectivity index (χ2v) is 16.4. The van der Waals surface area contributed by atoms with Gasteiger partial charge in [0, 0.05) is 46.2 Å². The van der Waals surface area contributed by atoms with Crippen molar-refractivity contribution >= 4 is 27.8 Å². The Bertz CT molecular complexity index is 1670. The molecular formula is C43H62N4O5. The molecule has 2 aromatic heterocycles. The quantitative estimate of drug-likeness (QED) is 0.0468. The summed E-state index contributed by atoms with van der Waals surface area (Å²) < 4.78 is 0. The number of H-pyrrole nitrogens is 2. The topological polar surface area (TPSA) is 168 Å². The highest BCUT2D eigenvalue weighted by molar-refractivity contribution is 5.95. The fourth-order valence-electron chi connectivity index (χ4n) is 9.46. The van der Waals surface area contributed by atoms with Crippen molar-refractivity contribution in [2.24, 2.45) is 35.3 Å². The van der Waals surface area contributed by atoms with Gasteiger partial charge in [-0.3, -0.25) is 4.79 Å². The van der Waals surface area contributed by atoms with E-state index in [4.69, 9.17) is 5.73 Å². The summed E-state index contributed by atoms with van der Waals surface area (Å²) >= 11 is 0. The number of carbonyl (C=O) groups is 1. The lowest BCUT2D eigenvalue weighted by molar-refractivity contribution is -0.146. The average Bonchev–Trinajstić information content (AvgIpc) is 3.81. The van der Waals surface area contributed by atoms with Gasteiger partial charge in [-0.05, 0) is 118 Å². The largest absolute Gasteiger partial charge is 0.481 e. The Morgan fingerprint density at radius 3 is 2.63 bits per heavy atom. The summed E-state index contributed by atoms with van der Waals surface area (Å²) in [4.78, 5) is 19.2. The number of dihydropyridines is 1. The lowest BCUT2D eigenvalue weighted by atomic mass is 9.80. The number of aliphatic hydroxyl groups excluding tert-OH is 2. The number of benzene rings is 1. The number of aliphatic hydroxyl groups is 3. The first-order chi connectivity index (χ1) is 25.1. The van der Waals surface area contributed by atoms with Crippen LogP contribution in [0.2, 0.25) is 0 Å². The minimum absolute atomic E-state index is 0.0367. The van der Waals surface area contributed by atoms with Crippen LogP contribution in [0.1, 0.15) is 109 Å². The minimum atomic E-state index is -1.03. The van der Waals surface area contributed by atoms with Gasteiger partial charge in [0.2, 0.25) is 0 Å². The molecule has 3 aromatic rings. The van der Waals surface area contributed by atoms with Gasteiger partial charge in [0.25, 0.3) is 0 Å². The number of rotatable bonds is 19. The maximum atomic E-state index is 12.4.